The van der Waals surface area contributed by atoms with Gasteiger partial charge in [-0.15, -0.1) is 0 Å². The molecule has 17 heavy (non-hydrogen) atoms. The predicted molar refractivity (Wildman–Crippen MR) is 66.4 cm³/mol. The Kier molecular flexibility index (Phi) is 3.96. The molecule has 0 radical (unpaired) electrons. The second-order valence-corrected chi connectivity index (χ2v) is 4.43. The number of aliphatic hydroxyl groups is 1. The molecule has 1 aromatic rings. The highest BCUT2D eigenvalue weighted by atomic mass is 35.5. The highest BCUT2D eigenvalue weighted by Gasteiger charge is 2.24. The molecule has 0 spiro atoms. The number of nitrogens with zero attached hydrogens (tertiary/aromatic N) is 4. The van der Waals surface area contributed by atoms with E-state index in [2.05, 4.69) is 25.2 Å². The Hall–Kier alpha value is -1.14. The number of anilines is 2. The largest absolute Gasteiger partial charge is 0.396 e. The fourth-order valence-corrected chi connectivity index (χ4v) is 2.18. The Morgan fingerprint density at radius 3 is 3.00 bits per heavy atom. The van der Waals surface area contributed by atoms with E-state index in [1.165, 1.54) is 0 Å². The van der Waals surface area contributed by atoms with Gasteiger partial charge in [0.2, 0.25) is 17.2 Å². The van der Waals surface area contributed by atoms with Crippen molar-refractivity contribution in [2.75, 3.05) is 37.0 Å². The van der Waals surface area contributed by atoms with Crippen LogP contribution in [-0.2, 0) is 0 Å². The summed E-state index contributed by atoms with van der Waals surface area (Å²) in [5.41, 5.74) is 0. The number of hydrogen-bond acceptors (Lipinski definition) is 6. The topological polar surface area (TPSA) is 74.2 Å². The van der Waals surface area contributed by atoms with Crippen LogP contribution in [0.3, 0.4) is 0 Å². The smallest absolute Gasteiger partial charge is 0.231 e. The summed E-state index contributed by atoms with van der Waals surface area (Å²) >= 11 is 5.84. The molecule has 1 aliphatic heterocycles. The monoisotopic (exact) mass is 257 g/mol. The van der Waals surface area contributed by atoms with Crippen LogP contribution in [0.25, 0.3) is 0 Å². The van der Waals surface area contributed by atoms with Crippen LogP contribution in [0.4, 0.5) is 11.9 Å². The molecule has 0 amide bonds. The minimum Gasteiger partial charge on any atom is -0.396 e. The lowest BCUT2D eigenvalue weighted by Gasteiger charge is -2.16. The lowest BCUT2D eigenvalue weighted by molar-refractivity contribution is 0.263. The summed E-state index contributed by atoms with van der Waals surface area (Å²) < 4.78 is 0. The summed E-state index contributed by atoms with van der Waals surface area (Å²) in [5.74, 6) is 1.59. The molecule has 1 unspecified atom stereocenters. The van der Waals surface area contributed by atoms with Crippen LogP contribution < -0.4 is 10.2 Å². The molecule has 94 valence electrons. The van der Waals surface area contributed by atoms with Crippen molar-refractivity contribution in [1.82, 2.24) is 15.0 Å². The summed E-state index contributed by atoms with van der Waals surface area (Å²) in [5, 5.41) is 12.0. The molecule has 1 saturated heterocycles. The summed E-state index contributed by atoms with van der Waals surface area (Å²) in [7, 11) is 1.74. The third-order valence-electron chi connectivity index (χ3n) is 2.93. The first kappa shape index (κ1) is 12.3. The van der Waals surface area contributed by atoms with Gasteiger partial charge in [-0.2, -0.15) is 15.0 Å². The van der Waals surface area contributed by atoms with Crippen LogP contribution in [0, 0.1) is 5.92 Å². The lowest BCUT2D eigenvalue weighted by atomic mass is 10.1. The standard InChI is InChI=1S/C10H16ClN5O/c1-12-9-13-8(11)14-10(15-9)16-4-2-7(6-16)3-5-17/h7,17H,2-6H2,1H3,(H,12,13,14,15). The first-order chi connectivity index (χ1) is 8.22. The van der Waals surface area contributed by atoms with Crippen molar-refractivity contribution in [2.24, 2.45) is 5.92 Å². The molecular formula is C10H16ClN5O. The normalized spacial score (nSPS) is 19.7. The van der Waals surface area contributed by atoms with Gasteiger partial charge in [-0.3, -0.25) is 0 Å². The predicted octanol–water partition coefficient (Wildman–Crippen LogP) is 0.775. The molecular weight excluding hydrogens is 242 g/mol. The van der Waals surface area contributed by atoms with Crippen molar-refractivity contribution in [3.05, 3.63) is 5.28 Å². The number of rotatable bonds is 4. The van der Waals surface area contributed by atoms with Crippen molar-refractivity contribution < 1.29 is 5.11 Å². The van der Waals surface area contributed by atoms with Crippen LogP contribution >= 0.6 is 11.6 Å². The number of aromatic nitrogens is 3. The Morgan fingerprint density at radius 2 is 2.29 bits per heavy atom. The van der Waals surface area contributed by atoms with Gasteiger partial charge >= 0.3 is 0 Å². The maximum absolute atomic E-state index is 8.92. The van der Waals surface area contributed by atoms with Gasteiger partial charge in [0.25, 0.3) is 0 Å². The Balaban J connectivity index is 2.10. The van der Waals surface area contributed by atoms with Crippen molar-refractivity contribution in [3.8, 4) is 0 Å². The molecule has 0 aromatic carbocycles. The summed E-state index contributed by atoms with van der Waals surface area (Å²) in [4.78, 5) is 14.4. The van der Waals surface area contributed by atoms with E-state index in [0.717, 1.165) is 25.9 Å². The van der Waals surface area contributed by atoms with E-state index in [9.17, 15) is 0 Å². The van der Waals surface area contributed by atoms with Crippen LogP contribution in [0.15, 0.2) is 0 Å². The van der Waals surface area contributed by atoms with Crippen LogP contribution in [0.1, 0.15) is 12.8 Å². The SMILES string of the molecule is CNc1nc(Cl)nc(N2CCC(CCO)C2)n1. The average Bonchev–Trinajstić information content (AvgIpc) is 2.77. The molecule has 2 heterocycles. The van der Waals surface area contributed by atoms with Crippen LogP contribution in [0.2, 0.25) is 5.28 Å². The summed E-state index contributed by atoms with van der Waals surface area (Å²) in [6.45, 7) is 2.00. The molecule has 1 atom stereocenters. The molecule has 7 heteroatoms. The Labute approximate surface area is 105 Å². The number of halogens is 1. The highest BCUT2D eigenvalue weighted by molar-refractivity contribution is 6.28. The van der Waals surface area contributed by atoms with E-state index in [1.807, 2.05) is 0 Å². The Morgan fingerprint density at radius 1 is 1.47 bits per heavy atom. The third-order valence-corrected chi connectivity index (χ3v) is 3.09. The van der Waals surface area contributed by atoms with E-state index in [4.69, 9.17) is 16.7 Å². The van der Waals surface area contributed by atoms with Gasteiger partial charge in [-0.1, -0.05) is 0 Å². The minimum atomic E-state index is 0.199. The van der Waals surface area contributed by atoms with Gasteiger partial charge in [0.05, 0.1) is 0 Å². The van der Waals surface area contributed by atoms with Crippen molar-refractivity contribution in [1.29, 1.82) is 0 Å². The molecule has 0 bridgehead atoms. The zero-order chi connectivity index (χ0) is 12.3. The van der Waals surface area contributed by atoms with Crippen molar-refractivity contribution in [2.45, 2.75) is 12.8 Å². The van der Waals surface area contributed by atoms with Crippen LogP contribution in [0.5, 0.6) is 0 Å². The molecule has 0 saturated carbocycles. The van der Waals surface area contributed by atoms with Gasteiger partial charge in [-0.25, -0.2) is 0 Å². The first-order valence-electron chi connectivity index (χ1n) is 5.68. The molecule has 1 aromatic heterocycles. The van der Waals surface area contributed by atoms with E-state index in [1.54, 1.807) is 7.05 Å². The zero-order valence-corrected chi connectivity index (χ0v) is 10.5. The number of aliphatic hydroxyl groups excluding tert-OH is 1. The summed E-state index contributed by atoms with van der Waals surface area (Å²) in [6, 6.07) is 0. The Bertz CT molecular complexity index is 389. The maximum atomic E-state index is 8.92. The van der Waals surface area contributed by atoms with Gasteiger partial charge < -0.3 is 15.3 Å². The molecule has 1 fully saturated rings. The summed E-state index contributed by atoms with van der Waals surface area (Å²) in [6.07, 6.45) is 1.88. The second-order valence-electron chi connectivity index (χ2n) is 4.09. The highest BCUT2D eigenvalue weighted by Crippen LogP contribution is 2.24. The molecule has 0 aliphatic carbocycles. The minimum absolute atomic E-state index is 0.199. The van der Waals surface area contributed by atoms with Gasteiger partial charge in [0.15, 0.2) is 0 Å². The molecule has 2 N–H and O–H groups in total. The number of hydrogen-bond donors (Lipinski definition) is 2. The van der Waals surface area contributed by atoms with E-state index in [-0.39, 0.29) is 11.9 Å². The van der Waals surface area contributed by atoms with E-state index >= 15 is 0 Å². The van der Waals surface area contributed by atoms with E-state index < -0.39 is 0 Å². The number of nitrogens with one attached hydrogen (secondary N) is 1. The fourth-order valence-electron chi connectivity index (χ4n) is 2.03. The van der Waals surface area contributed by atoms with E-state index in [0.29, 0.717) is 17.8 Å². The zero-order valence-electron chi connectivity index (χ0n) is 9.73. The second kappa shape index (κ2) is 5.46. The van der Waals surface area contributed by atoms with Crippen LogP contribution in [-0.4, -0.2) is 46.8 Å². The average molecular weight is 258 g/mol. The van der Waals surface area contributed by atoms with Crippen molar-refractivity contribution in [3.63, 3.8) is 0 Å². The quantitative estimate of drug-likeness (QED) is 0.830. The van der Waals surface area contributed by atoms with Crippen molar-refractivity contribution >= 4 is 23.5 Å². The third kappa shape index (κ3) is 2.95. The lowest BCUT2D eigenvalue weighted by Crippen LogP contribution is -2.23. The maximum Gasteiger partial charge on any atom is 0.231 e. The first-order valence-corrected chi connectivity index (χ1v) is 6.06. The molecule has 2 rings (SSSR count). The fraction of sp³-hybridized carbons (Fsp3) is 0.700. The van der Waals surface area contributed by atoms with Gasteiger partial charge in [0.1, 0.15) is 0 Å². The van der Waals surface area contributed by atoms with Gasteiger partial charge in [-0.05, 0) is 30.4 Å². The molecule has 1 aliphatic rings. The molecule has 6 nitrogen and oxygen atoms in total. The van der Waals surface area contributed by atoms with Gasteiger partial charge in [0, 0.05) is 26.7 Å².